The molecule has 0 aromatic carbocycles. The van der Waals surface area contributed by atoms with Crippen molar-refractivity contribution in [1.82, 2.24) is 0 Å². The molecule has 1 rings (SSSR count). The van der Waals surface area contributed by atoms with E-state index in [1.165, 1.54) is 4.88 Å². The summed E-state index contributed by atoms with van der Waals surface area (Å²) in [5.41, 5.74) is 0. The molecule has 1 aromatic heterocycles. The van der Waals surface area contributed by atoms with Crippen LogP contribution in [-0.4, -0.2) is 12.1 Å². The minimum atomic E-state index is 0.112. The monoisotopic (exact) mass is 181 g/mol. The van der Waals surface area contributed by atoms with Crippen LogP contribution < -0.4 is 0 Å². The Kier molecular flexibility index (Phi) is 3.71. The van der Waals surface area contributed by atoms with Gasteiger partial charge in [0.2, 0.25) is 6.08 Å². The predicted octanol–water partition coefficient (Wildman–Crippen LogP) is 2.41. The fourth-order valence-electron chi connectivity index (χ4n) is 1.02. The zero-order chi connectivity index (χ0) is 8.81. The van der Waals surface area contributed by atoms with E-state index in [1.54, 1.807) is 17.4 Å². The molecule has 0 saturated carbocycles. The van der Waals surface area contributed by atoms with Crippen LogP contribution in [0.5, 0.6) is 0 Å². The summed E-state index contributed by atoms with van der Waals surface area (Å²) >= 11 is 1.70. The van der Waals surface area contributed by atoms with Crippen LogP contribution in [0, 0.1) is 0 Å². The van der Waals surface area contributed by atoms with Gasteiger partial charge in [0.15, 0.2) is 0 Å². The Bertz CT molecular complexity index is 262. The molecular weight excluding hydrogens is 170 g/mol. The zero-order valence-corrected chi connectivity index (χ0v) is 7.80. The van der Waals surface area contributed by atoms with Crippen molar-refractivity contribution in [3.05, 3.63) is 22.4 Å². The van der Waals surface area contributed by atoms with Crippen LogP contribution in [0.15, 0.2) is 22.5 Å². The predicted molar refractivity (Wildman–Crippen MR) is 50.2 cm³/mol. The number of thiophene rings is 1. The van der Waals surface area contributed by atoms with Crippen LogP contribution in [-0.2, 0) is 11.2 Å². The van der Waals surface area contributed by atoms with Crippen molar-refractivity contribution in [2.45, 2.75) is 25.8 Å². The smallest absolute Gasteiger partial charge is 0.211 e. The molecule has 0 aliphatic rings. The normalized spacial score (nSPS) is 12.1. The second kappa shape index (κ2) is 4.86. The van der Waals surface area contributed by atoms with Crippen LogP contribution in [0.25, 0.3) is 0 Å². The van der Waals surface area contributed by atoms with Gasteiger partial charge in [0.05, 0.1) is 6.04 Å². The summed E-state index contributed by atoms with van der Waals surface area (Å²) in [6.45, 7) is 2.03. The standard InChI is InChI=1S/C9H11NOS/c1-2-8(10-7-11)6-9-4-3-5-12-9/h3-5,8H,2,6H2,1H3. The number of hydrogen-bond acceptors (Lipinski definition) is 3. The van der Waals surface area contributed by atoms with Crippen molar-refractivity contribution >= 4 is 17.4 Å². The van der Waals surface area contributed by atoms with E-state index in [1.807, 2.05) is 18.4 Å². The highest BCUT2D eigenvalue weighted by atomic mass is 32.1. The van der Waals surface area contributed by atoms with E-state index in [0.29, 0.717) is 0 Å². The second-order valence-electron chi connectivity index (χ2n) is 2.57. The molecule has 64 valence electrons. The van der Waals surface area contributed by atoms with Gasteiger partial charge in [-0.3, -0.25) is 0 Å². The number of nitrogens with zero attached hydrogens (tertiary/aromatic N) is 1. The van der Waals surface area contributed by atoms with E-state index < -0.39 is 0 Å². The zero-order valence-electron chi connectivity index (χ0n) is 6.99. The Hall–Kier alpha value is -0.920. The molecule has 0 bridgehead atoms. The van der Waals surface area contributed by atoms with Gasteiger partial charge in [0.1, 0.15) is 0 Å². The minimum absolute atomic E-state index is 0.112. The van der Waals surface area contributed by atoms with Gasteiger partial charge in [-0.15, -0.1) is 11.3 Å². The lowest BCUT2D eigenvalue weighted by atomic mass is 10.1. The van der Waals surface area contributed by atoms with Crippen molar-refractivity contribution in [3.8, 4) is 0 Å². The first-order valence-corrected chi connectivity index (χ1v) is 4.84. The molecule has 2 nitrogen and oxygen atoms in total. The summed E-state index contributed by atoms with van der Waals surface area (Å²) in [6, 6.07) is 4.19. The van der Waals surface area contributed by atoms with Gasteiger partial charge in [-0.05, 0) is 17.9 Å². The quantitative estimate of drug-likeness (QED) is 0.518. The van der Waals surface area contributed by atoms with Gasteiger partial charge >= 0.3 is 0 Å². The highest BCUT2D eigenvalue weighted by molar-refractivity contribution is 7.09. The van der Waals surface area contributed by atoms with Gasteiger partial charge in [-0.25, -0.2) is 9.79 Å². The van der Waals surface area contributed by atoms with E-state index in [2.05, 4.69) is 11.1 Å². The topological polar surface area (TPSA) is 29.4 Å². The molecule has 1 heterocycles. The maximum atomic E-state index is 10.0. The maximum Gasteiger partial charge on any atom is 0.235 e. The second-order valence-corrected chi connectivity index (χ2v) is 3.60. The molecule has 0 amide bonds. The highest BCUT2D eigenvalue weighted by Gasteiger charge is 2.05. The SMILES string of the molecule is CCC(Cc1cccs1)N=C=O. The van der Waals surface area contributed by atoms with Gasteiger partial charge in [-0.2, -0.15) is 0 Å². The Morgan fingerprint density at radius 3 is 3.08 bits per heavy atom. The van der Waals surface area contributed by atoms with Gasteiger partial charge in [0.25, 0.3) is 0 Å². The number of rotatable bonds is 4. The van der Waals surface area contributed by atoms with E-state index in [0.717, 1.165) is 12.8 Å². The Balaban J connectivity index is 2.54. The van der Waals surface area contributed by atoms with Crippen LogP contribution in [0.2, 0.25) is 0 Å². The first-order chi connectivity index (χ1) is 5.86. The summed E-state index contributed by atoms with van der Waals surface area (Å²) in [7, 11) is 0. The summed E-state index contributed by atoms with van der Waals surface area (Å²) in [6.07, 6.45) is 3.37. The van der Waals surface area contributed by atoms with Crippen molar-refractivity contribution in [2.24, 2.45) is 4.99 Å². The van der Waals surface area contributed by atoms with Gasteiger partial charge < -0.3 is 0 Å². The van der Waals surface area contributed by atoms with Crippen molar-refractivity contribution in [2.75, 3.05) is 0 Å². The molecule has 0 spiro atoms. The van der Waals surface area contributed by atoms with E-state index >= 15 is 0 Å². The lowest BCUT2D eigenvalue weighted by molar-refractivity contribution is 0.553. The molecule has 1 unspecified atom stereocenters. The van der Waals surface area contributed by atoms with Gasteiger partial charge in [-0.1, -0.05) is 13.0 Å². The lowest BCUT2D eigenvalue weighted by Crippen LogP contribution is -2.04. The van der Waals surface area contributed by atoms with Crippen LogP contribution in [0.4, 0.5) is 0 Å². The van der Waals surface area contributed by atoms with E-state index in [9.17, 15) is 4.79 Å². The van der Waals surface area contributed by atoms with Gasteiger partial charge in [0, 0.05) is 11.3 Å². The largest absolute Gasteiger partial charge is 0.235 e. The number of hydrogen-bond donors (Lipinski definition) is 0. The first-order valence-electron chi connectivity index (χ1n) is 3.96. The van der Waals surface area contributed by atoms with Crippen molar-refractivity contribution < 1.29 is 4.79 Å². The fraction of sp³-hybridized carbons (Fsp3) is 0.444. The van der Waals surface area contributed by atoms with Crippen LogP contribution in [0.3, 0.4) is 0 Å². The summed E-state index contributed by atoms with van der Waals surface area (Å²) in [4.78, 5) is 15.0. The molecule has 0 aliphatic heterocycles. The molecule has 0 N–H and O–H groups in total. The molecule has 1 atom stereocenters. The average Bonchev–Trinajstić information content (AvgIpc) is 2.56. The molecule has 1 aromatic rings. The summed E-state index contributed by atoms with van der Waals surface area (Å²) < 4.78 is 0. The number of carbonyl (C=O) groups excluding carboxylic acids is 1. The van der Waals surface area contributed by atoms with Crippen molar-refractivity contribution in [1.29, 1.82) is 0 Å². The molecule has 0 fully saturated rings. The maximum absolute atomic E-state index is 10.0. The fourth-order valence-corrected chi connectivity index (χ4v) is 1.79. The van der Waals surface area contributed by atoms with E-state index in [4.69, 9.17) is 0 Å². The minimum Gasteiger partial charge on any atom is -0.211 e. The highest BCUT2D eigenvalue weighted by Crippen LogP contribution is 2.13. The van der Waals surface area contributed by atoms with Crippen molar-refractivity contribution in [3.63, 3.8) is 0 Å². The first kappa shape index (κ1) is 9.17. The third kappa shape index (κ3) is 2.61. The lowest BCUT2D eigenvalue weighted by Gasteiger charge is -2.03. The summed E-state index contributed by atoms with van der Waals surface area (Å²) in [5, 5.41) is 2.03. The molecule has 0 radical (unpaired) electrons. The Morgan fingerprint density at radius 1 is 1.75 bits per heavy atom. The third-order valence-electron chi connectivity index (χ3n) is 1.72. The Morgan fingerprint density at radius 2 is 2.58 bits per heavy atom. The molecule has 3 heteroatoms. The number of isocyanates is 1. The summed E-state index contributed by atoms with van der Waals surface area (Å²) in [5.74, 6) is 0. The molecule has 0 aliphatic carbocycles. The third-order valence-corrected chi connectivity index (χ3v) is 2.62. The molecular formula is C9H11NOS. The Labute approximate surface area is 76.0 Å². The van der Waals surface area contributed by atoms with Crippen LogP contribution in [0.1, 0.15) is 18.2 Å². The average molecular weight is 181 g/mol. The van der Waals surface area contributed by atoms with E-state index in [-0.39, 0.29) is 6.04 Å². The molecule has 12 heavy (non-hydrogen) atoms. The van der Waals surface area contributed by atoms with Crippen LogP contribution >= 0.6 is 11.3 Å². The number of aliphatic imine (C=N–C) groups is 1. The molecule has 0 saturated heterocycles.